The van der Waals surface area contributed by atoms with E-state index in [1.807, 2.05) is 13.8 Å². The van der Waals surface area contributed by atoms with Gasteiger partial charge in [0.05, 0.1) is 5.69 Å². The van der Waals surface area contributed by atoms with Crippen molar-refractivity contribution in [1.29, 1.82) is 0 Å². The molecule has 0 radical (unpaired) electrons. The molecule has 0 unspecified atom stereocenters. The number of aromatic nitrogens is 3. The second-order valence-electron chi connectivity index (χ2n) is 3.19. The average molecular weight is 234 g/mol. The van der Waals surface area contributed by atoms with Crippen LogP contribution in [-0.4, -0.2) is 20.9 Å². The van der Waals surface area contributed by atoms with Crippen LogP contribution in [0.4, 0.5) is 5.95 Å². The number of nitrogens with zero attached hydrogens (tertiary/aromatic N) is 3. The standard InChI is InChI=1S/C10H10N4OS/c1-6-7(2)16-9(13-6)8(15)14-10-11-4-3-5-12-10/h3-5H,1-2H3,(H,11,12,14,15). The summed E-state index contributed by atoms with van der Waals surface area (Å²) in [6.07, 6.45) is 3.14. The van der Waals surface area contributed by atoms with Gasteiger partial charge in [0.15, 0.2) is 5.01 Å². The number of carbonyl (C=O) groups is 1. The lowest BCUT2D eigenvalue weighted by Gasteiger charge is -1.98. The number of anilines is 1. The molecule has 0 saturated carbocycles. The molecule has 0 atom stereocenters. The van der Waals surface area contributed by atoms with E-state index >= 15 is 0 Å². The fraction of sp³-hybridized carbons (Fsp3) is 0.200. The Morgan fingerprint density at radius 3 is 2.56 bits per heavy atom. The van der Waals surface area contributed by atoms with Crippen LogP contribution < -0.4 is 5.32 Å². The Balaban J connectivity index is 2.15. The molecule has 2 aromatic rings. The van der Waals surface area contributed by atoms with Crippen LogP contribution in [0, 0.1) is 13.8 Å². The van der Waals surface area contributed by atoms with Gasteiger partial charge in [-0.25, -0.2) is 15.0 Å². The number of carbonyl (C=O) groups excluding carboxylic acids is 1. The minimum absolute atomic E-state index is 0.271. The van der Waals surface area contributed by atoms with E-state index in [0.717, 1.165) is 10.6 Å². The zero-order valence-electron chi connectivity index (χ0n) is 8.89. The first kappa shape index (κ1) is 10.7. The van der Waals surface area contributed by atoms with Crippen molar-refractivity contribution in [2.24, 2.45) is 0 Å². The largest absolute Gasteiger partial charge is 0.288 e. The summed E-state index contributed by atoms with van der Waals surface area (Å²) in [5.74, 6) is 0.0189. The zero-order valence-corrected chi connectivity index (χ0v) is 9.71. The number of nitrogens with one attached hydrogen (secondary N) is 1. The Morgan fingerprint density at radius 1 is 1.31 bits per heavy atom. The summed E-state index contributed by atoms with van der Waals surface area (Å²) in [5, 5.41) is 3.02. The number of hydrogen-bond donors (Lipinski definition) is 1. The van der Waals surface area contributed by atoms with E-state index in [4.69, 9.17) is 0 Å². The summed E-state index contributed by atoms with van der Waals surface area (Å²) in [6.45, 7) is 3.81. The zero-order chi connectivity index (χ0) is 11.5. The minimum Gasteiger partial charge on any atom is -0.288 e. The Hall–Kier alpha value is -1.82. The van der Waals surface area contributed by atoms with E-state index in [-0.39, 0.29) is 11.9 Å². The lowest BCUT2D eigenvalue weighted by atomic mass is 10.4. The van der Waals surface area contributed by atoms with Gasteiger partial charge in [-0.3, -0.25) is 10.1 Å². The highest BCUT2D eigenvalue weighted by atomic mass is 32.1. The number of rotatable bonds is 2. The van der Waals surface area contributed by atoms with Crippen molar-refractivity contribution in [1.82, 2.24) is 15.0 Å². The summed E-state index contributed by atoms with van der Waals surface area (Å²) < 4.78 is 0. The van der Waals surface area contributed by atoms with Crippen LogP contribution in [0.5, 0.6) is 0 Å². The van der Waals surface area contributed by atoms with Crippen molar-refractivity contribution in [3.05, 3.63) is 34.0 Å². The first-order valence-electron chi connectivity index (χ1n) is 4.69. The molecule has 6 heteroatoms. The van der Waals surface area contributed by atoms with Crippen molar-refractivity contribution >= 4 is 23.2 Å². The van der Waals surface area contributed by atoms with Gasteiger partial charge in [0.1, 0.15) is 0 Å². The number of thiazole rings is 1. The molecule has 16 heavy (non-hydrogen) atoms. The van der Waals surface area contributed by atoms with Crippen LogP contribution in [0.3, 0.4) is 0 Å². The van der Waals surface area contributed by atoms with E-state index in [0.29, 0.717) is 5.01 Å². The molecule has 0 aliphatic rings. The highest BCUT2D eigenvalue weighted by Crippen LogP contribution is 2.16. The van der Waals surface area contributed by atoms with Gasteiger partial charge in [-0.2, -0.15) is 0 Å². The fourth-order valence-corrected chi connectivity index (χ4v) is 1.90. The lowest BCUT2D eigenvalue weighted by Crippen LogP contribution is -2.13. The first-order chi connectivity index (χ1) is 7.66. The van der Waals surface area contributed by atoms with Gasteiger partial charge in [0, 0.05) is 17.3 Å². The van der Waals surface area contributed by atoms with Crippen molar-refractivity contribution in [3.63, 3.8) is 0 Å². The Bertz CT molecular complexity index is 489. The highest BCUT2D eigenvalue weighted by Gasteiger charge is 2.13. The number of hydrogen-bond acceptors (Lipinski definition) is 5. The summed E-state index contributed by atoms with van der Waals surface area (Å²) in [6, 6.07) is 1.69. The van der Waals surface area contributed by atoms with E-state index in [9.17, 15) is 4.79 Å². The van der Waals surface area contributed by atoms with Crippen LogP contribution >= 0.6 is 11.3 Å². The normalized spacial score (nSPS) is 10.1. The van der Waals surface area contributed by atoms with Gasteiger partial charge in [-0.1, -0.05) is 0 Å². The monoisotopic (exact) mass is 234 g/mol. The van der Waals surface area contributed by atoms with Crippen molar-refractivity contribution < 1.29 is 4.79 Å². The van der Waals surface area contributed by atoms with Crippen LogP contribution in [0.15, 0.2) is 18.5 Å². The van der Waals surface area contributed by atoms with Gasteiger partial charge in [0.25, 0.3) is 5.91 Å². The molecule has 0 fully saturated rings. The average Bonchev–Trinajstić information content (AvgIpc) is 2.61. The smallest absolute Gasteiger partial charge is 0.287 e. The van der Waals surface area contributed by atoms with Crippen LogP contribution in [0.25, 0.3) is 0 Å². The Morgan fingerprint density at radius 2 is 2.00 bits per heavy atom. The SMILES string of the molecule is Cc1nc(C(=O)Nc2ncccn2)sc1C. The molecule has 0 spiro atoms. The van der Waals surface area contributed by atoms with Crippen molar-refractivity contribution in [2.45, 2.75) is 13.8 Å². The van der Waals surface area contributed by atoms with Crippen molar-refractivity contribution in [3.8, 4) is 0 Å². The van der Waals surface area contributed by atoms with Crippen LogP contribution in [0.1, 0.15) is 20.4 Å². The molecule has 0 aliphatic carbocycles. The van der Waals surface area contributed by atoms with Crippen LogP contribution in [-0.2, 0) is 0 Å². The second kappa shape index (κ2) is 4.36. The maximum Gasteiger partial charge on any atom is 0.287 e. The lowest BCUT2D eigenvalue weighted by molar-refractivity contribution is 0.102. The molecule has 2 rings (SSSR count). The molecule has 2 heterocycles. The second-order valence-corrected chi connectivity index (χ2v) is 4.39. The molecule has 0 saturated heterocycles. The summed E-state index contributed by atoms with van der Waals surface area (Å²) >= 11 is 1.36. The third kappa shape index (κ3) is 2.22. The minimum atomic E-state index is -0.271. The van der Waals surface area contributed by atoms with Gasteiger partial charge >= 0.3 is 0 Å². The molecule has 1 amide bonds. The number of aryl methyl sites for hydroxylation is 2. The third-order valence-electron chi connectivity index (χ3n) is 2.01. The highest BCUT2D eigenvalue weighted by molar-refractivity contribution is 7.13. The molecule has 5 nitrogen and oxygen atoms in total. The molecule has 0 aromatic carbocycles. The quantitative estimate of drug-likeness (QED) is 0.860. The van der Waals surface area contributed by atoms with Crippen molar-refractivity contribution in [2.75, 3.05) is 5.32 Å². The maximum atomic E-state index is 11.7. The molecule has 0 bridgehead atoms. The topological polar surface area (TPSA) is 67.8 Å². The molecule has 1 N–H and O–H groups in total. The first-order valence-corrected chi connectivity index (χ1v) is 5.51. The summed E-state index contributed by atoms with van der Waals surface area (Å²) in [5.41, 5.74) is 0.879. The predicted octanol–water partition coefficient (Wildman–Crippen LogP) is 1.80. The van der Waals surface area contributed by atoms with E-state index in [1.165, 1.54) is 11.3 Å². The third-order valence-corrected chi connectivity index (χ3v) is 3.09. The molecular weight excluding hydrogens is 224 g/mol. The summed E-state index contributed by atoms with van der Waals surface area (Å²) in [4.78, 5) is 24.7. The van der Waals surface area contributed by atoms with E-state index in [2.05, 4.69) is 20.3 Å². The molecule has 82 valence electrons. The molecule has 0 aliphatic heterocycles. The fourth-order valence-electron chi connectivity index (χ4n) is 1.09. The Kier molecular flexibility index (Phi) is 2.91. The summed E-state index contributed by atoms with van der Waals surface area (Å²) in [7, 11) is 0. The molecular formula is C10H10N4OS. The Labute approximate surface area is 96.6 Å². The number of amides is 1. The van der Waals surface area contributed by atoms with E-state index < -0.39 is 0 Å². The van der Waals surface area contributed by atoms with Gasteiger partial charge in [-0.15, -0.1) is 11.3 Å². The maximum absolute atomic E-state index is 11.7. The predicted molar refractivity (Wildman–Crippen MR) is 61.6 cm³/mol. The van der Waals surface area contributed by atoms with E-state index in [1.54, 1.807) is 18.5 Å². The molecule has 2 aromatic heterocycles. The van der Waals surface area contributed by atoms with Gasteiger partial charge in [-0.05, 0) is 19.9 Å². The van der Waals surface area contributed by atoms with Gasteiger partial charge < -0.3 is 0 Å². The van der Waals surface area contributed by atoms with Gasteiger partial charge in [0.2, 0.25) is 5.95 Å². The van der Waals surface area contributed by atoms with Crippen LogP contribution in [0.2, 0.25) is 0 Å².